The van der Waals surface area contributed by atoms with E-state index >= 15 is 0 Å². The number of aromatic nitrogens is 1. The lowest BCUT2D eigenvalue weighted by atomic mass is 10.1. The molecule has 3 aromatic rings. The molecule has 0 atom stereocenters. The molecule has 0 amide bonds. The van der Waals surface area contributed by atoms with Crippen molar-refractivity contribution >= 4 is 22.3 Å². The van der Waals surface area contributed by atoms with Gasteiger partial charge in [0.2, 0.25) is 0 Å². The van der Waals surface area contributed by atoms with Crippen LogP contribution in [-0.2, 0) is 6.54 Å². The van der Waals surface area contributed by atoms with Crippen LogP contribution in [0.2, 0.25) is 0 Å². The van der Waals surface area contributed by atoms with Gasteiger partial charge in [0, 0.05) is 56.1 Å². The summed E-state index contributed by atoms with van der Waals surface area (Å²) in [5.41, 5.74) is 3.95. The Morgan fingerprint density at radius 3 is 2.66 bits per heavy atom. The van der Waals surface area contributed by atoms with Crippen LogP contribution in [0.15, 0.2) is 48.7 Å². The Balaban J connectivity index is 1.51. The van der Waals surface area contributed by atoms with Crippen molar-refractivity contribution in [3.63, 3.8) is 0 Å². The summed E-state index contributed by atoms with van der Waals surface area (Å²) < 4.78 is 0. The first kappa shape index (κ1) is 18.8. The van der Waals surface area contributed by atoms with Crippen molar-refractivity contribution < 1.29 is 4.92 Å². The van der Waals surface area contributed by atoms with E-state index in [1.165, 1.54) is 11.6 Å². The maximum Gasteiger partial charge on any atom is 0.275 e. The number of benzene rings is 2. The van der Waals surface area contributed by atoms with Crippen LogP contribution in [0.1, 0.15) is 16.7 Å². The molecule has 1 aliphatic heterocycles. The molecule has 1 fully saturated rings. The molecule has 0 saturated carbocycles. The Bertz CT molecular complexity index is 1110. The summed E-state index contributed by atoms with van der Waals surface area (Å²) in [6.45, 7) is 5.76. The second-order valence-electron chi connectivity index (χ2n) is 7.26. The molecule has 0 N–H and O–H groups in total. The molecule has 29 heavy (non-hydrogen) atoms. The van der Waals surface area contributed by atoms with Crippen LogP contribution in [0.25, 0.3) is 10.9 Å². The number of anilines is 1. The molecule has 0 unspecified atom stereocenters. The molecular formula is C22H21N5O2. The molecule has 0 bridgehead atoms. The Morgan fingerprint density at radius 2 is 1.93 bits per heavy atom. The van der Waals surface area contributed by atoms with Gasteiger partial charge in [-0.05, 0) is 24.6 Å². The number of hydrogen-bond acceptors (Lipinski definition) is 6. The van der Waals surface area contributed by atoms with Gasteiger partial charge in [-0.25, -0.2) is 0 Å². The number of rotatable bonds is 4. The quantitative estimate of drug-likeness (QED) is 0.502. The third-order valence-corrected chi connectivity index (χ3v) is 5.50. The highest BCUT2D eigenvalue weighted by atomic mass is 16.6. The molecule has 1 saturated heterocycles. The van der Waals surface area contributed by atoms with Crippen molar-refractivity contribution in [3.05, 3.63) is 75.5 Å². The molecule has 0 spiro atoms. The normalized spacial score (nSPS) is 14.7. The third kappa shape index (κ3) is 3.75. The minimum Gasteiger partial charge on any atom is -0.369 e. The van der Waals surface area contributed by atoms with Gasteiger partial charge in [0.05, 0.1) is 27.6 Å². The van der Waals surface area contributed by atoms with Crippen molar-refractivity contribution in [2.75, 3.05) is 31.1 Å². The summed E-state index contributed by atoms with van der Waals surface area (Å²) >= 11 is 0. The molecule has 4 rings (SSSR count). The van der Waals surface area contributed by atoms with Crippen molar-refractivity contribution in [1.82, 2.24) is 9.88 Å². The van der Waals surface area contributed by atoms with Gasteiger partial charge >= 0.3 is 0 Å². The molecule has 1 aliphatic rings. The molecule has 0 radical (unpaired) electrons. The number of nitrogens with zero attached hydrogens (tertiary/aromatic N) is 5. The van der Waals surface area contributed by atoms with Crippen LogP contribution in [0, 0.1) is 28.4 Å². The Hall–Kier alpha value is -3.50. The molecule has 7 heteroatoms. The van der Waals surface area contributed by atoms with E-state index in [4.69, 9.17) is 0 Å². The predicted octanol–water partition coefficient (Wildman–Crippen LogP) is 3.65. The van der Waals surface area contributed by atoms with Crippen molar-refractivity contribution in [2.24, 2.45) is 0 Å². The zero-order chi connectivity index (χ0) is 20.4. The van der Waals surface area contributed by atoms with Gasteiger partial charge in [0.25, 0.3) is 5.69 Å². The van der Waals surface area contributed by atoms with Gasteiger partial charge in [0.15, 0.2) is 0 Å². The highest BCUT2D eigenvalue weighted by Gasteiger charge is 2.23. The van der Waals surface area contributed by atoms with Crippen LogP contribution in [0.4, 0.5) is 11.4 Å². The molecule has 2 heterocycles. The van der Waals surface area contributed by atoms with Crippen LogP contribution in [0.5, 0.6) is 0 Å². The van der Waals surface area contributed by atoms with Gasteiger partial charge in [-0.15, -0.1) is 0 Å². The van der Waals surface area contributed by atoms with E-state index in [1.807, 2.05) is 18.3 Å². The Kier molecular flexibility index (Phi) is 5.10. The van der Waals surface area contributed by atoms with Gasteiger partial charge < -0.3 is 4.90 Å². The smallest absolute Gasteiger partial charge is 0.275 e. The topological polar surface area (TPSA) is 86.3 Å². The summed E-state index contributed by atoms with van der Waals surface area (Å²) in [4.78, 5) is 20.0. The average Bonchev–Trinajstić information content (AvgIpc) is 2.75. The van der Waals surface area contributed by atoms with Crippen molar-refractivity contribution in [1.29, 1.82) is 5.26 Å². The fraction of sp³-hybridized carbons (Fsp3) is 0.273. The highest BCUT2D eigenvalue weighted by Crippen LogP contribution is 2.31. The number of piperazine rings is 1. The first-order valence-electron chi connectivity index (χ1n) is 9.56. The zero-order valence-corrected chi connectivity index (χ0v) is 16.2. The summed E-state index contributed by atoms with van der Waals surface area (Å²) in [6, 6.07) is 15.4. The minimum atomic E-state index is -0.413. The number of para-hydroxylation sites is 1. The van der Waals surface area contributed by atoms with Gasteiger partial charge in [-0.2, -0.15) is 5.26 Å². The molecule has 146 valence electrons. The summed E-state index contributed by atoms with van der Waals surface area (Å²) in [6.07, 6.45) is 1.82. The maximum atomic E-state index is 11.4. The van der Waals surface area contributed by atoms with E-state index in [9.17, 15) is 15.4 Å². The number of nitriles is 1. The van der Waals surface area contributed by atoms with E-state index in [1.54, 1.807) is 13.0 Å². The zero-order valence-electron chi connectivity index (χ0n) is 16.2. The van der Waals surface area contributed by atoms with Crippen molar-refractivity contribution in [3.8, 4) is 6.07 Å². The lowest BCUT2D eigenvalue weighted by Crippen LogP contribution is -2.46. The molecular weight excluding hydrogens is 366 g/mol. The highest BCUT2D eigenvalue weighted by molar-refractivity contribution is 5.81. The van der Waals surface area contributed by atoms with Crippen LogP contribution in [-0.4, -0.2) is 41.0 Å². The summed E-state index contributed by atoms with van der Waals surface area (Å²) in [7, 11) is 0. The van der Waals surface area contributed by atoms with Crippen LogP contribution < -0.4 is 4.90 Å². The molecule has 2 aromatic carbocycles. The van der Waals surface area contributed by atoms with Gasteiger partial charge in [-0.1, -0.05) is 24.3 Å². The number of hydrogen-bond donors (Lipinski definition) is 0. The van der Waals surface area contributed by atoms with E-state index < -0.39 is 4.92 Å². The van der Waals surface area contributed by atoms with E-state index in [-0.39, 0.29) is 5.69 Å². The van der Waals surface area contributed by atoms with E-state index in [0.29, 0.717) is 11.1 Å². The summed E-state index contributed by atoms with van der Waals surface area (Å²) in [5, 5.41) is 21.7. The second kappa shape index (κ2) is 7.86. The minimum absolute atomic E-state index is 0.00306. The maximum absolute atomic E-state index is 11.4. The average molecular weight is 387 g/mol. The largest absolute Gasteiger partial charge is 0.369 e. The lowest BCUT2D eigenvalue weighted by Gasteiger charge is -2.36. The third-order valence-electron chi connectivity index (χ3n) is 5.50. The van der Waals surface area contributed by atoms with Gasteiger partial charge in [-0.3, -0.25) is 20.0 Å². The van der Waals surface area contributed by atoms with E-state index in [0.717, 1.165) is 49.3 Å². The van der Waals surface area contributed by atoms with Crippen LogP contribution in [0.3, 0.4) is 0 Å². The monoisotopic (exact) mass is 387 g/mol. The van der Waals surface area contributed by atoms with Gasteiger partial charge in [0.1, 0.15) is 0 Å². The predicted molar refractivity (Wildman–Crippen MR) is 112 cm³/mol. The Labute approximate surface area is 169 Å². The SMILES string of the molecule is Cc1c(N2CCN(Cc3cccc4cccnc34)CC2)cc(C#N)cc1[N+](=O)[O-]. The standard InChI is InChI=1S/C22H21N5O2/c1-16-20(12-17(14-23)13-21(16)27(28)29)26-10-8-25(9-11-26)15-19-5-2-4-18-6-3-7-24-22(18)19/h2-7,12-13H,8-11,15H2,1H3. The second-order valence-corrected chi connectivity index (χ2v) is 7.26. The molecule has 0 aliphatic carbocycles. The fourth-order valence-corrected chi connectivity index (χ4v) is 3.95. The summed E-state index contributed by atoms with van der Waals surface area (Å²) in [5.74, 6) is 0. The Morgan fingerprint density at radius 1 is 1.17 bits per heavy atom. The fourth-order valence-electron chi connectivity index (χ4n) is 3.95. The number of nitro benzene ring substituents is 1. The first-order valence-corrected chi connectivity index (χ1v) is 9.56. The van der Waals surface area contributed by atoms with Crippen LogP contribution >= 0.6 is 0 Å². The lowest BCUT2D eigenvalue weighted by molar-refractivity contribution is -0.385. The number of nitro groups is 1. The molecule has 1 aromatic heterocycles. The first-order chi connectivity index (χ1) is 14.1. The van der Waals surface area contributed by atoms with Crippen molar-refractivity contribution in [2.45, 2.75) is 13.5 Å². The number of fused-ring (bicyclic) bond motifs is 1. The van der Waals surface area contributed by atoms with E-state index in [2.05, 4.69) is 39.0 Å². The number of pyridine rings is 1. The molecule has 7 nitrogen and oxygen atoms in total.